The molecule has 1 amide bonds. The summed E-state index contributed by atoms with van der Waals surface area (Å²) in [4.78, 5) is 17.8. The van der Waals surface area contributed by atoms with Gasteiger partial charge in [0.2, 0.25) is 0 Å². The number of nitrogens with zero attached hydrogens (tertiary/aromatic N) is 2. The van der Waals surface area contributed by atoms with Gasteiger partial charge < -0.3 is 9.64 Å². The molecule has 146 valence electrons. The van der Waals surface area contributed by atoms with E-state index in [9.17, 15) is 4.79 Å². The van der Waals surface area contributed by atoms with Gasteiger partial charge in [-0.3, -0.25) is 9.69 Å². The molecule has 2 fully saturated rings. The maximum absolute atomic E-state index is 13.2. The Labute approximate surface area is 171 Å². The predicted molar refractivity (Wildman–Crippen MR) is 110 cm³/mol. The highest BCUT2D eigenvalue weighted by molar-refractivity contribution is 6.30. The van der Waals surface area contributed by atoms with E-state index in [1.165, 1.54) is 5.56 Å². The molecule has 5 heteroatoms. The molecule has 0 N–H and O–H groups in total. The summed E-state index contributed by atoms with van der Waals surface area (Å²) in [6, 6.07) is 14.7. The van der Waals surface area contributed by atoms with E-state index in [0.717, 1.165) is 67.3 Å². The molecule has 2 aromatic rings. The van der Waals surface area contributed by atoms with Gasteiger partial charge in [-0.05, 0) is 48.1 Å². The molecule has 5 rings (SSSR count). The number of piperazine rings is 1. The van der Waals surface area contributed by atoms with Crippen LogP contribution in [0.5, 0.6) is 5.75 Å². The smallest absolute Gasteiger partial charge is 0.257 e. The molecule has 28 heavy (non-hydrogen) atoms. The molecule has 0 spiro atoms. The quantitative estimate of drug-likeness (QED) is 0.769. The van der Waals surface area contributed by atoms with Crippen molar-refractivity contribution >= 4 is 17.5 Å². The molecular weight excluding hydrogens is 372 g/mol. The summed E-state index contributed by atoms with van der Waals surface area (Å²) in [5, 5.41) is 0.793. The number of para-hydroxylation sites is 1. The molecule has 0 aliphatic carbocycles. The fourth-order valence-electron chi connectivity index (χ4n) is 4.92. The Morgan fingerprint density at radius 2 is 1.89 bits per heavy atom. The number of halogens is 1. The number of hydrogen-bond acceptors (Lipinski definition) is 3. The lowest BCUT2D eigenvalue weighted by atomic mass is 9.86. The van der Waals surface area contributed by atoms with E-state index in [2.05, 4.69) is 23.1 Å². The van der Waals surface area contributed by atoms with Crippen LogP contribution in [0.25, 0.3) is 0 Å². The third-order valence-corrected chi connectivity index (χ3v) is 6.73. The van der Waals surface area contributed by atoms with Gasteiger partial charge >= 0.3 is 0 Å². The summed E-state index contributed by atoms with van der Waals surface area (Å²) in [6.45, 7) is 4.29. The largest absolute Gasteiger partial charge is 0.492 e. The topological polar surface area (TPSA) is 32.8 Å². The molecule has 0 bridgehead atoms. The molecule has 0 unspecified atom stereocenters. The van der Waals surface area contributed by atoms with Crippen molar-refractivity contribution in [3.63, 3.8) is 0 Å². The van der Waals surface area contributed by atoms with Gasteiger partial charge in [-0.2, -0.15) is 0 Å². The number of piperidine rings is 1. The summed E-state index contributed by atoms with van der Waals surface area (Å²) in [6.07, 6.45) is 3.19. The van der Waals surface area contributed by atoms with Crippen molar-refractivity contribution in [2.24, 2.45) is 0 Å². The van der Waals surface area contributed by atoms with Crippen LogP contribution >= 0.6 is 11.6 Å². The first-order valence-corrected chi connectivity index (χ1v) is 10.6. The number of hydrogen-bond donors (Lipinski definition) is 0. The minimum Gasteiger partial charge on any atom is -0.492 e. The van der Waals surface area contributed by atoms with Crippen molar-refractivity contribution in [3.05, 3.63) is 64.2 Å². The van der Waals surface area contributed by atoms with E-state index in [0.29, 0.717) is 18.6 Å². The molecule has 3 aliphatic rings. The van der Waals surface area contributed by atoms with Crippen molar-refractivity contribution in [3.8, 4) is 5.75 Å². The zero-order chi connectivity index (χ0) is 19.1. The maximum atomic E-state index is 13.2. The minimum atomic E-state index is 0.123. The van der Waals surface area contributed by atoms with Crippen molar-refractivity contribution < 1.29 is 9.53 Å². The molecule has 2 saturated heterocycles. The number of carbonyl (C=O) groups excluding carboxylic acids is 1. The van der Waals surface area contributed by atoms with Crippen LogP contribution in [-0.2, 0) is 6.42 Å². The van der Waals surface area contributed by atoms with Crippen LogP contribution < -0.4 is 4.74 Å². The zero-order valence-corrected chi connectivity index (χ0v) is 16.7. The predicted octanol–water partition coefficient (Wildman–Crippen LogP) is 3.98. The van der Waals surface area contributed by atoms with Crippen LogP contribution in [0, 0.1) is 0 Å². The van der Waals surface area contributed by atoms with E-state index in [-0.39, 0.29) is 5.91 Å². The summed E-state index contributed by atoms with van der Waals surface area (Å²) >= 11 is 6.04. The van der Waals surface area contributed by atoms with E-state index < -0.39 is 0 Å². The van der Waals surface area contributed by atoms with Crippen LogP contribution in [0.4, 0.5) is 0 Å². The third kappa shape index (κ3) is 3.29. The Kier molecular flexibility index (Phi) is 4.77. The van der Waals surface area contributed by atoms with Gasteiger partial charge in [0.25, 0.3) is 5.91 Å². The molecular formula is C23H25ClN2O2. The summed E-state index contributed by atoms with van der Waals surface area (Å²) in [7, 11) is 0. The lowest BCUT2D eigenvalue weighted by molar-refractivity contribution is 0.0327. The van der Waals surface area contributed by atoms with Crippen molar-refractivity contribution in [1.82, 2.24) is 9.80 Å². The van der Waals surface area contributed by atoms with Gasteiger partial charge in [0.05, 0.1) is 12.2 Å². The fraction of sp³-hybridized carbons (Fsp3) is 0.435. The van der Waals surface area contributed by atoms with Crippen LogP contribution in [-0.4, -0.2) is 54.5 Å². The Morgan fingerprint density at radius 3 is 2.75 bits per heavy atom. The molecule has 3 aliphatic heterocycles. The van der Waals surface area contributed by atoms with Gasteiger partial charge in [0.15, 0.2) is 0 Å². The second kappa shape index (κ2) is 7.41. The second-order valence-electron chi connectivity index (χ2n) is 8.12. The third-order valence-electron chi connectivity index (χ3n) is 6.48. The monoisotopic (exact) mass is 396 g/mol. The van der Waals surface area contributed by atoms with Crippen LogP contribution in [0.15, 0.2) is 42.5 Å². The first kappa shape index (κ1) is 18.0. The Balaban J connectivity index is 1.26. The number of amides is 1. The maximum Gasteiger partial charge on any atom is 0.257 e. The molecule has 4 nitrogen and oxygen atoms in total. The number of benzene rings is 2. The van der Waals surface area contributed by atoms with Crippen LogP contribution in [0.3, 0.4) is 0 Å². The standard InChI is InChI=1S/C23H25ClN2O2/c24-19-7-4-16(5-8-19)18-6-9-20-15-26(12-11-25(20)14-18)23(27)21-3-1-2-17-10-13-28-22(17)21/h1-5,7-8,18,20H,6,9-15H2/t18-,20+/m0/s1. The average Bonchev–Trinajstić information content (AvgIpc) is 3.22. The van der Waals surface area contributed by atoms with Gasteiger partial charge in [-0.15, -0.1) is 0 Å². The highest BCUT2D eigenvalue weighted by Crippen LogP contribution is 2.34. The lowest BCUT2D eigenvalue weighted by Crippen LogP contribution is -2.57. The van der Waals surface area contributed by atoms with E-state index in [1.807, 2.05) is 29.2 Å². The molecule has 3 heterocycles. The Morgan fingerprint density at radius 1 is 1.04 bits per heavy atom. The Hall–Kier alpha value is -2.04. The number of fused-ring (bicyclic) bond motifs is 2. The highest BCUT2D eigenvalue weighted by atomic mass is 35.5. The van der Waals surface area contributed by atoms with E-state index >= 15 is 0 Å². The van der Waals surface area contributed by atoms with Crippen LogP contribution in [0.1, 0.15) is 40.2 Å². The fourth-order valence-corrected chi connectivity index (χ4v) is 5.05. The normalized spacial score (nSPS) is 24.4. The molecule has 2 aromatic carbocycles. The summed E-state index contributed by atoms with van der Waals surface area (Å²) in [5.41, 5.74) is 3.27. The van der Waals surface area contributed by atoms with E-state index in [1.54, 1.807) is 0 Å². The van der Waals surface area contributed by atoms with E-state index in [4.69, 9.17) is 16.3 Å². The molecule has 0 aromatic heterocycles. The van der Waals surface area contributed by atoms with Crippen molar-refractivity contribution in [2.75, 3.05) is 32.8 Å². The SMILES string of the molecule is O=C(c1cccc2c1OCC2)N1CCN2C[C@@H](c3ccc(Cl)cc3)CC[C@@H]2C1. The average molecular weight is 397 g/mol. The summed E-state index contributed by atoms with van der Waals surface area (Å²) < 4.78 is 5.75. The van der Waals surface area contributed by atoms with Gasteiger partial charge in [0.1, 0.15) is 5.75 Å². The molecule has 0 radical (unpaired) electrons. The lowest BCUT2D eigenvalue weighted by Gasteiger charge is -2.46. The van der Waals surface area contributed by atoms with Crippen LogP contribution in [0.2, 0.25) is 5.02 Å². The highest BCUT2D eigenvalue weighted by Gasteiger charge is 2.36. The minimum absolute atomic E-state index is 0.123. The van der Waals surface area contributed by atoms with Gasteiger partial charge in [0, 0.05) is 43.7 Å². The Bertz CT molecular complexity index is 883. The molecule has 2 atom stereocenters. The second-order valence-corrected chi connectivity index (χ2v) is 8.55. The van der Waals surface area contributed by atoms with Gasteiger partial charge in [-0.1, -0.05) is 35.9 Å². The number of rotatable bonds is 2. The summed E-state index contributed by atoms with van der Waals surface area (Å²) in [5.74, 6) is 1.49. The van der Waals surface area contributed by atoms with Gasteiger partial charge in [-0.25, -0.2) is 0 Å². The number of ether oxygens (including phenoxy) is 1. The number of carbonyl (C=O) groups is 1. The molecule has 0 saturated carbocycles. The first-order valence-electron chi connectivity index (χ1n) is 10.2. The first-order chi connectivity index (χ1) is 13.7. The zero-order valence-electron chi connectivity index (χ0n) is 15.9. The van der Waals surface area contributed by atoms with Crippen molar-refractivity contribution in [2.45, 2.75) is 31.2 Å². The van der Waals surface area contributed by atoms with Crippen molar-refractivity contribution in [1.29, 1.82) is 0 Å².